The summed E-state index contributed by atoms with van der Waals surface area (Å²) in [5, 5.41) is 7.91. The Hall–Kier alpha value is -1.36. The van der Waals surface area contributed by atoms with Crippen LogP contribution in [0.5, 0.6) is 0 Å². The Bertz CT molecular complexity index is 439. The predicted octanol–water partition coefficient (Wildman–Crippen LogP) is 0.718. The summed E-state index contributed by atoms with van der Waals surface area (Å²) >= 11 is 0. The molecule has 3 unspecified atom stereocenters. The lowest BCUT2D eigenvalue weighted by atomic mass is 9.67. The quantitative estimate of drug-likeness (QED) is 0.706. The van der Waals surface area contributed by atoms with Gasteiger partial charge in [0.05, 0.1) is 0 Å². The highest BCUT2D eigenvalue weighted by atomic mass is 16.4. The molecule has 2 fully saturated rings. The van der Waals surface area contributed by atoms with Gasteiger partial charge in [0.2, 0.25) is 5.89 Å². The minimum absolute atomic E-state index is 0.226. The highest BCUT2D eigenvalue weighted by Crippen LogP contribution is 2.45. The van der Waals surface area contributed by atoms with Gasteiger partial charge in [0.1, 0.15) is 0 Å². The first kappa shape index (κ1) is 9.84. The molecule has 0 aromatic carbocycles. The summed E-state index contributed by atoms with van der Waals surface area (Å²) in [5.74, 6) is 1.76. The number of allylic oxidation sites excluding steroid dienone is 1. The maximum absolute atomic E-state index is 6.10. The Morgan fingerprint density at radius 2 is 2.25 bits per heavy atom. The number of nitrogens with zero attached hydrogens (tertiary/aromatic N) is 3. The van der Waals surface area contributed by atoms with E-state index in [1.54, 1.807) is 0 Å². The summed E-state index contributed by atoms with van der Waals surface area (Å²) < 4.78 is 5.44. The van der Waals surface area contributed by atoms with Crippen molar-refractivity contribution in [3.05, 3.63) is 17.5 Å². The van der Waals surface area contributed by atoms with Crippen LogP contribution >= 0.6 is 0 Å². The number of nitrogens with two attached hydrogens (primary N) is 1. The molecule has 2 aliphatic rings. The molecule has 0 spiro atoms. The third-order valence-electron chi connectivity index (χ3n) is 3.76. The van der Waals surface area contributed by atoms with E-state index < -0.39 is 0 Å². The van der Waals surface area contributed by atoms with E-state index in [1.165, 1.54) is 5.57 Å². The van der Waals surface area contributed by atoms with Crippen molar-refractivity contribution < 1.29 is 4.42 Å². The van der Waals surface area contributed by atoms with E-state index in [9.17, 15) is 0 Å². The van der Waals surface area contributed by atoms with Gasteiger partial charge < -0.3 is 15.1 Å². The Kier molecular flexibility index (Phi) is 2.04. The Morgan fingerprint density at radius 1 is 1.44 bits per heavy atom. The van der Waals surface area contributed by atoms with Crippen molar-refractivity contribution in [3.8, 4) is 0 Å². The summed E-state index contributed by atoms with van der Waals surface area (Å²) in [6.45, 7) is 5.76. The largest absolute Gasteiger partial charge is 0.408 e. The van der Waals surface area contributed by atoms with Gasteiger partial charge in [-0.15, -0.1) is 5.10 Å². The molecule has 5 heteroatoms. The zero-order valence-electron chi connectivity index (χ0n) is 9.55. The molecule has 1 saturated heterocycles. The molecule has 1 aliphatic carbocycles. The van der Waals surface area contributed by atoms with Crippen molar-refractivity contribution in [1.82, 2.24) is 10.2 Å². The van der Waals surface area contributed by atoms with Crippen molar-refractivity contribution in [2.45, 2.75) is 19.9 Å². The normalized spacial score (nSPS) is 35.3. The van der Waals surface area contributed by atoms with Gasteiger partial charge in [-0.25, -0.2) is 0 Å². The molecule has 0 radical (unpaired) electrons. The SMILES string of the molecule is C/C=C1/C(N)C2CN(c3nnc(C)o3)CC12. The van der Waals surface area contributed by atoms with E-state index in [1.807, 2.05) is 6.92 Å². The Morgan fingerprint density at radius 3 is 2.88 bits per heavy atom. The van der Waals surface area contributed by atoms with Gasteiger partial charge in [0.25, 0.3) is 0 Å². The van der Waals surface area contributed by atoms with E-state index >= 15 is 0 Å². The molecule has 5 nitrogen and oxygen atoms in total. The lowest BCUT2D eigenvalue weighted by Crippen LogP contribution is -2.49. The number of hydrogen-bond donors (Lipinski definition) is 1. The molecule has 0 amide bonds. The van der Waals surface area contributed by atoms with E-state index in [4.69, 9.17) is 10.2 Å². The minimum atomic E-state index is 0.226. The van der Waals surface area contributed by atoms with Crippen LogP contribution in [0.2, 0.25) is 0 Å². The molecule has 2 N–H and O–H groups in total. The molecule has 2 heterocycles. The first-order valence-corrected chi connectivity index (χ1v) is 5.67. The second-order valence-corrected chi connectivity index (χ2v) is 4.59. The fourth-order valence-electron chi connectivity index (χ4n) is 2.90. The highest BCUT2D eigenvalue weighted by Gasteiger charge is 2.49. The van der Waals surface area contributed by atoms with Crippen molar-refractivity contribution in [2.24, 2.45) is 17.6 Å². The molecular weight excluding hydrogens is 204 g/mol. The maximum atomic E-state index is 6.10. The van der Waals surface area contributed by atoms with Crippen molar-refractivity contribution in [1.29, 1.82) is 0 Å². The molecule has 16 heavy (non-hydrogen) atoms. The molecule has 1 aromatic rings. The number of hydrogen-bond acceptors (Lipinski definition) is 5. The molecule has 3 atom stereocenters. The summed E-state index contributed by atoms with van der Waals surface area (Å²) in [6.07, 6.45) is 2.15. The zero-order valence-corrected chi connectivity index (χ0v) is 9.55. The van der Waals surface area contributed by atoms with Crippen LogP contribution in [0.3, 0.4) is 0 Å². The Balaban J connectivity index is 1.79. The molecule has 0 bridgehead atoms. The minimum Gasteiger partial charge on any atom is -0.408 e. The second-order valence-electron chi connectivity index (χ2n) is 4.59. The molecule has 1 saturated carbocycles. The van der Waals surface area contributed by atoms with E-state index in [0.29, 0.717) is 23.7 Å². The predicted molar refractivity (Wildman–Crippen MR) is 60.0 cm³/mol. The molecule has 3 rings (SSSR count). The number of fused-ring (bicyclic) bond motifs is 1. The van der Waals surface area contributed by atoms with Gasteiger partial charge in [-0.05, 0) is 6.92 Å². The summed E-state index contributed by atoms with van der Waals surface area (Å²) in [6, 6.07) is 0.860. The second kappa shape index (κ2) is 3.31. The van der Waals surface area contributed by atoms with E-state index in [2.05, 4.69) is 28.1 Å². The van der Waals surface area contributed by atoms with Crippen LogP contribution in [0.25, 0.3) is 0 Å². The van der Waals surface area contributed by atoms with Gasteiger partial charge in [0.15, 0.2) is 0 Å². The average Bonchev–Trinajstić information content (AvgIpc) is 2.83. The zero-order chi connectivity index (χ0) is 11.3. The monoisotopic (exact) mass is 220 g/mol. The standard InChI is InChI=1S/C11H16N4O/c1-3-7-8-4-15(5-9(8)10(7)12)11-14-13-6(2)16-11/h3,8-10H,4-5,12H2,1-2H3/b7-3+. The van der Waals surface area contributed by atoms with Crippen molar-refractivity contribution in [2.75, 3.05) is 18.0 Å². The molecule has 1 aliphatic heterocycles. The summed E-state index contributed by atoms with van der Waals surface area (Å²) in [5.41, 5.74) is 7.48. The van der Waals surface area contributed by atoms with Gasteiger partial charge in [-0.1, -0.05) is 16.7 Å². The van der Waals surface area contributed by atoms with Crippen LogP contribution in [0.1, 0.15) is 12.8 Å². The first-order valence-electron chi connectivity index (χ1n) is 5.67. The molecule has 1 aromatic heterocycles. The number of anilines is 1. The Labute approximate surface area is 94.3 Å². The van der Waals surface area contributed by atoms with Crippen LogP contribution in [-0.2, 0) is 0 Å². The van der Waals surface area contributed by atoms with Crippen LogP contribution < -0.4 is 10.6 Å². The van der Waals surface area contributed by atoms with Gasteiger partial charge >= 0.3 is 6.01 Å². The lowest BCUT2D eigenvalue weighted by molar-refractivity contribution is 0.301. The number of aromatic nitrogens is 2. The van der Waals surface area contributed by atoms with Gasteiger partial charge in [0, 0.05) is 37.9 Å². The highest BCUT2D eigenvalue weighted by molar-refractivity contribution is 5.39. The number of aryl methyl sites for hydroxylation is 1. The van der Waals surface area contributed by atoms with Crippen LogP contribution in [0.15, 0.2) is 16.1 Å². The fourth-order valence-corrected chi connectivity index (χ4v) is 2.90. The maximum Gasteiger partial charge on any atom is 0.318 e. The van der Waals surface area contributed by atoms with Gasteiger partial charge in [-0.3, -0.25) is 0 Å². The molecular formula is C11H16N4O. The van der Waals surface area contributed by atoms with Crippen molar-refractivity contribution in [3.63, 3.8) is 0 Å². The van der Waals surface area contributed by atoms with Crippen LogP contribution in [0, 0.1) is 18.8 Å². The topological polar surface area (TPSA) is 68.2 Å². The third kappa shape index (κ3) is 1.21. The fraction of sp³-hybridized carbons (Fsp3) is 0.636. The smallest absolute Gasteiger partial charge is 0.318 e. The average molecular weight is 220 g/mol. The molecule has 86 valence electrons. The van der Waals surface area contributed by atoms with Crippen LogP contribution in [-0.4, -0.2) is 29.3 Å². The van der Waals surface area contributed by atoms with Gasteiger partial charge in [-0.2, -0.15) is 0 Å². The van der Waals surface area contributed by atoms with Crippen molar-refractivity contribution >= 4 is 6.01 Å². The summed E-state index contributed by atoms with van der Waals surface area (Å²) in [7, 11) is 0. The van der Waals surface area contributed by atoms with E-state index in [-0.39, 0.29) is 6.04 Å². The number of rotatable bonds is 1. The lowest BCUT2D eigenvalue weighted by Gasteiger charge is -2.40. The first-order chi connectivity index (χ1) is 7.70. The third-order valence-corrected chi connectivity index (χ3v) is 3.76. The van der Waals surface area contributed by atoms with Crippen LogP contribution in [0.4, 0.5) is 6.01 Å². The van der Waals surface area contributed by atoms with E-state index in [0.717, 1.165) is 13.1 Å². The summed E-state index contributed by atoms with van der Waals surface area (Å²) in [4.78, 5) is 2.14.